The summed E-state index contributed by atoms with van der Waals surface area (Å²) in [7, 11) is 0. The highest BCUT2D eigenvalue weighted by Gasteiger charge is 2.64. The molecule has 2 aliphatic rings. The summed E-state index contributed by atoms with van der Waals surface area (Å²) in [5.41, 5.74) is 4.39. The molecule has 2 unspecified atom stereocenters. The number of halogens is 1. The van der Waals surface area contributed by atoms with Gasteiger partial charge in [0, 0.05) is 15.9 Å². The Kier molecular flexibility index (Phi) is 1.25. The minimum absolute atomic E-state index is 0.109. The number of alkyl halides is 1. The highest BCUT2D eigenvalue weighted by Crippen LogP contribution is 2.71. The standard InChI is InChI=1S/C16H13Cl/c1-16(17)14-12-8-4-2-6-10(12)11-7-3-5-9-13(11)15(14)16/h2-9,14-15H,1H3/i1D3. The van der Waals surface area contributed by atoms with Crippen molar-refractivity contribution in [1.82, 2.24) is 0 Å². The summed E-state index contributed by atoms with van der Waals surface area (Å²) in [6.45, 7) is -2.16. The largest absolute Gasteiger partial charge is 0.118 e. The first-order valence-corrected chi connectivity index (χ1v) is 6.21. The summed E-state index contributed by atoms with van der Waals surface area (Å²) < 4.78 is 23.5. The Balaban J connectivity index is 2.01. The predicted octanol–water partition coefficient (Wildman–Crippen LogP) is 4.55. The Morgan fingerprint density at radius 1 is 0.941 bits per heavy atom. The molecule has 1 saturated carbocycles. The molecule has 4 rings (SSSR count). The number of hydrogen-bond acceptors (Lipinski definition) is 0. The molecule has 0 N–H and O–H groups in total. The summed E-state index contributed by atoms with van der Waals surface area (Å²) in [6, 6.07) is 16.0. The van der Waals surface area contributed by atoms with Crippen molar-refractivity contribution in [2.75, 3.05) is 0 Å². The molecule has 0 spiro atoms. The maximum Gasteiger partial charge on any atom is 0.0568 e. The molecular weight excluding hydrogens is 228 g/mol. The minimum atomic E-state index is -2.16. The lowest BCUT2D eigenvalue weighted by Crippen LogP contribution is -1.98. The first-order chi connectivity index (χ1) is 9.46. The first-order valence-electron chi connectivity index (χ1n) is 7.33. The zero-order chi connectivity index (χ0) is 14.1. The second-order valence-electron chi connectivity index (χ2n) is 4.90. The summed E-state index contributed by atoms with van der Waals surface area (Å²) in [5, 5.41) is 0. The molecule has 0 bridgehead atoms. The van der Waals surface area contributed by atoms with Gasteiger partial charge >= 0.3 is 0 Å². The van der Waals surface area contributed by atoms with E-state index in [2.05, 4.69) is 12.1 Å². The van der Waals surface area contributed by atoms with Gasteiger partial charge in [-0.15, -0.1) is 11.6 Å². The van der Waals surface area contributed by atoms with Crippen LogP contribution in [-0.2, 0) is 0 Å². The van der Waals surface area contributed by atoms with E-state index < -0.39 is 11.7 Å². The molecule has 2 atom stereocenters. The third kappa shape index (κ3) is 1.09. The molecule has 0 amide bonds. The van der Waals surface area contributed by atoms with Gasteiger partial charge in [0.05, 0.1) is 4.87 Å². The van der Waals surface area contributed by atoms with Crippen LogP contribution in [0.15, 0.2) is 48.5 Å². The lowest BCUT2D eigenvalue weighted by Gasteiger charge is -2.18. The Bertz CT molecular complexity index is 653. The maximum atomic E-state index is 7.83. The average Bonchev–Trinajstić information content (AvgIpc) is 3.08. The summed E-state index contributed by atoms with van der Waals surface area (Å²) in [5.74, 6) is -0.217. The van der Waals surface area contributed by atoms with Crippen LogP contribution in [0.1, 0.15) is 33.9 Å². The van der Waals surface area contributed by atoms with Crippen molar-refractivity contribution in [3.8, 4) is 11.1 Å². The molecule has 0 radical (unpaired) electrons. The molecule has 0 aliphatic heterocycles. The van der Waals surface area contributed by atoms with Crippen molar-refractivity contribution < 1.29 is 4.11 Å². The summed E-state index contributed by atoms with van der Waals surface area (Å²) in [4.78, 5) is -1.16. The van der Waals surface area contributed by atoms with Crippen LogP contribution >= 0.6 is 11.6 Å². The van der Waals surface area contributed by atoms with Crippen molar-refractivity contribution in [3.05, 3.63) is 59.7 Å². The van der Waals surface area contributed by atoms with E-state index in [-0.39, 0.29) is 11.8 Å². The van der Waals surface area contributed by atoms with Gasteiger partial charge in [-0.2, -0.15) is 0 Å². The van der Waals surface area contributed by atoms with E-state index in [0.29, 0.717) is 0 Å². The van der Waals surface area contributed by atoms with Crippen molar-refractivity contribution in [2.45, 2.75) is 23.6 Å². The molecule has 84 valence electrons. The topological polar surface area (TPSA) is 0 Å². The van der Waals surface area contributed by atoms with E-state index in [1.807, 2.05) is 36.4 Å². The molecule has 0 nitrogen and oxygen atoms in total. The monoisotopic (exact) mass is 243 g/mol. The van der Waals surface area contributed by atoms with Crippen molar-refractivity contribution >= 4 is 11.6 Å². The molecule has 1 fully saturated rings. The van der Waals surface area contributed by atoms with Crippen LogP contribution in [-0.4, -0.2) is 4.87 Å². The van der Waals surface area contributed by atoms with Crippen LogP contribution in [0, 0.1) is 0 Å². The SMILES string of the molecule is [2H]C([2H])([2H])C1(Cl)C2c3ccccc3-c3ccccc3C21. The summed E-state index contributed by atoms with van der Waals surface area (Å²) in [6.07, 6.45) is 0. The fraction of sp³-hybridized carbons (Fsp3) is 0.250. The lowest BCUT2D eigenvalue weighted by molar-refractivity contribution is 0.951. The minimum Gasteiger partial charge on any atom is -0.118 e. The van der Waals surface area contributed by atoms with Gasteiger partial charge in [-0.05, 0) is 29.1 Å². The van der Waals surface area contributed by atoms with Gasteiger partial charge in [-0.1, -0.05) is 48.5 Å². The van der Waals surface area contributed by atoms with Crippen LogP contribution in [0.3, 0.4) is 0 Å². The molecule has 2 aliphatic carbocycles. The van der Waals surface area contributed by atoms with Crippen LogP contribution in [0.2, 0.25) is 0 Å². The van der Waals surface area contributed by atoms with E-state index in [1.54, 1.807) is 0 Å². The fourth-order valence-corrected chi connectivity index (χ4v) is 3.62. The van der Waals surface area contributed by atoms with Gasteiger partial charge in [0.15, 0.2) is 0 Å². The van der Waals surface area contributed by atoms with Crippen LogP contribution in [0.4, 0.5) is 0 Å². The third-order valence-corrected chi connectivity index (χ3v) is 4.48. The predicted molar refractivity (Wildman–Crippen MR) is 71.6 cm³/mol. The Morgan fingerprint density at radius 3 is 1.88 bits per heavy atom. The third-order valence-electron chi connectivity index (χ3n) is 4.01. The van der Waals surface area contributed by atoms with Gasteiger partial charge in [0.25, 0.3) is 0 Å². The smallest absolute Gasteiger partial charge is 0.0568 e. The Morgan fingerprint density at radius 2 is 1.41 bits per heavy atom. The van der Waals surface area contributed by atoms with Crippen molar-refractivity contribution in [3.63, 3.8) is 0 Å². The zero-order valence-electron chi connectivity index (χ0n) is 12.2. The summed E-state index contributed by atoms with van der Waals surface area (Å²) >= 11 is 6.59. The van der Waals surface area contributed by atoms with Crippen LogP contribution < -0.4 is 0 Å². The van der Waals surface area contributed by atoms with Gasteiger partial charge in [-0.25, -0.2) is 0 Å². The molecule has 17 heavy (non-hydrogen) atoms. The quantitative estimate of drug-likeness (QED) is 0.596. The van der Waals surface area contributed by atoms with Gasteiger partial charge < -0.3 is 0 Å². The average molecular weight is 244 g/mol. The van der Waals surface area contributed by atoms with E-state index in [0.717, 1.165) is 22.3 Å². The normalized spacial score (nSPS) is 35.7. The van der Waals surface area contributed by atoms with Crippen LogP contribution in [0.25, 0.3) is 11.1 Å². The number of hydrogen-bond donors (Lipinski definition) is 0. The molecular formula is C16H13Cl. The molecule has 2 aromatic carbocycles. The van der Waals surface area contributed by atoms with E-state index in [4.69, 9.17) is 15.7 Å². The molecule has 0 aromatic heterocycles. The van der Waals surface area contributed by atoms with E-state index in [1.165, 1.54) is 0 Å². The molecule has 1 heteroatoms. The molecule has 0 saturated heterocycles. The fourth-order valence-electron chi connectivity index (χ4n) is 3.20. The maximum absolute atomic E-state index is 7.83. The lowest BCUT2D eigenvalue weighted by atomic mass is 9.86. The van der Waals surface area contributed by atoms with Gasteiger partial charge in [0.1, 0.15) is 0 Å². The number of benzene rings is 2. The van der Waals surface area contributed by atoms with Gasteiger partial charge in [-0.3, -0.25) is 0 Å². The van der Waals surface area contributed by atoms with Crippen LogP contribution in [0.5, 0.6) is 0 Å². The molecule has 0 heterocycles. The van der Waals surface area contributed by atoms with E-state index >= 15 is 0 Å². The van der Waals surface area contributed by atoms with Crippen molar-refractivity contribution in [1.29, 1.82) is 0 Å². The highest BCUT2D eigenvalue weighted by molar-refractivity contribution is 6.28. The second kappa shape index (κ2) is 2.94. The van der Waals surface area contributed by atoms with Gasteiger partial charge in [0.2, 0.25) is 0 Å². The highest BCUT2D eigenvalue weighted by atomic mass is 35.5. The Hall–Kier alpha value is -1.27. The first kappa shape index (κ1) is 7.23. The number of rotatable bonds is 0. The van der Waals surface area contributed by atoms with E-state index in [9.17, 15) is 0 Å². The Labute approximate surface area is 110 Å². The van der Waals surface area contributed by atoms with Crippen molar-refractivity contribution in [2.24, 2.45) is 0 Å². The zero-order valence-corrected chi connectivity index (χ0v) is 9.91. The molecule has 2 aromatic rings. The number of fused-ring (bicyclic) bond motifs is 6. The second-order valence-corrected chi connectivity index (χ2v) is 5.52.